The lowest BCUT2D eigenvalue weighted by molar-refractivity contribution is -0.151. The molecule has 6 heteroatoms. The first-order valence-electron chi connectivity index (χ1n) is 12.5. The summed E-state index contributed by atoms with van der Waals surface area (Å²) in [5.74, 6) is -0.624. The van der Waals surface area contributed by atoms with Crippen molar-refractivity contribution in [1.29, 1.82) is 0 Å². The molecule has 1 unspecified atom stereocenters. The third kappa shape index (κ3) is 6.13. The number of amides is 1. The van der Waals surface area contributed by atoms with Crippen LogP contribution >= 0.6 is 0 Å². The van der Waals surface area contributed by atoms with Gasteiger partial charge in [0.05, 0.1) is 6.10 Å². The van der Waals surface area contributed by atoms with E-state index in [0.29, 0.717) is 6.61 Å². The van der Waals surface area contributed by atoms with Crippen molar-refractivity contribution in [3.63, 3.8) is 0 Å². The molecule has 0 spiro atoms. The second kappa shape index (κ2) is 12.4. The van der Waals surface area contributed by atoms with Gasteiger partial charge in [0.25, 0.3) is 0 Å². The van der Waals surface area contributed by atoms with Gasteiger partial charge >= 0.3 is 12.1 Å². The molecule has 6 nitrogen and oxygen atoms in total. The van der Waals surface area contributed by atoms with Gasteiger partial charge in [0.2, 0.25) is 0 Å². The van der Waals surface area contributed by atoms with Gasteiger partial charge in [-0.2, -0.15) is 0 Å². The Hall–Kier alpha value is -3.64. The smallest absolute Gasteiger partial charge is 0.407 e. The van der Waals surface area contributed by atoms with Crippen molar-refractivity contribution in [3.05, 3.63) is 95.6 Å². The molecule has 3 aromatic carbocycles. The van der Waals surface area contributed by atoms with Gasteiger partial charge in [-0.1, -0.05) is 92.2 Å². The van der Waals surface area contributed by atoms with Crippen LogP contribution in [0.1, 0.15) is 49.3 Å². The van der Waals surface area contributed by atoms with Gasteiger partial charge in [0, 0.05) is 12.5 Å². The Morgan fingerprint density at radius 3 is 2.11 bits per heavy atom. The minimum Gasteiger partial charge on any atom is -0.459 e. The number of rotatable bonds is 11. The first kappa shape index (κ1) is 25.5. The fourth-order valence-corrected chi connectivity index (χ4v) is 4.46. The van der Waals surface area contributed by atoms with Crippen LogP contribution in [-0.2, 0) is 25.6 Å². The monoisotopic (exact) mass is 487 g/mol. The molecule has 3 aromatic rings. The third-order valence-electron chi connectivity index (χ3n) is 6.44. The molecule has 4 rings (SSSR count). The Kier molecular flexibility index (Phi) is 8.74. The van der Waals surface area contributed by atoms with Crippen LogP contribution in [0.2, 0.25) is 0 Å². The van der Waals surface area contributed by atoms with E-state index in [1.165, 1.54) is 0 Å². The molecule has 36 heavy (non-hydrogen) atoms. The van der Waals surface area contributed by atoms with Crippen LogP contribution in [0, 0.1) is 0 Å². The highest BCUT2D eigenvalue weighted by Gasteiger charge is 2.32. The molecular weight excluding hydrogens is 454 g/mol. The van der Waals surface area contributed by atoms with Crippen molar-refractivity contribution in [3.8, 4) is 11.1 Å². The lowest BCUT2D eigenvalue weighted by atomic mass is 9.98. The summed E-state index contributed by atoms with van der Waals surface area (Å²) in [7, 11) is 0. The zero-order valence-electron chi connectivity index (χ0n) is 20.8. The summed E-state index contributed by atoms with van der Waals surface area (Å²) >= 11 is 0. The quantitative estimate of drug-likeness (QED) is 0.272. The highest BCUT2D eigenvalue weighted by Crippen LogP contribution is 2.44. The first-order valence-corrected chi connectivity index (χ1v) is 12.5. The maximum absolute atomic E-state index is 12.9. The predicted molar refractivity (Wildman–Crippen MR) is 139 cm³/mol. The molecule has 1 N–H and O–H groups in total. The molecule has 0 fully saturated rings. The van der Waals surface area contributed by atoms with Crippen LogP contribution in [0.3, 0.4) is 0 Å². The van der Waals surface area contributed by atoms with E-state index in [4.69, 9.17) is 14.2 Å². The molecule has 0 saturated heterocycles. The number of hydrogen-bond acceptors (Lipinski definition) is 5. The van der Waals surface area contributed by atoms with Crippen LogP contribution in [-0.4, -0.2) is 37.4 Å². The maximum atomic E-state index is 12.9. The number of esters is 1. The third-order valence-corrected chi connectivity index (χ3v) is 6.44. The summed E-state index contributed by atoms with van der Waals surface area (Å²) in [5.41, 5.74) is 5.43. The molecule has 0 radical (unpaired) electrons. The van der Waals surface area contributed by atoms with E-state index in [9.17, 15) is 9.59 Å². The Morgan fingerprint density at radius 1 is 0.861 bits per heavy atom. The highest BCUT2D eigenvalue weighted by atomic mass is 16.6. The van der Waals surface area contributed by atoms with Gasteiger partial charge in [-0.25, -0.2) is 9.59 Å². The summed E-state index contributed by atoms with van der Waals surface area (Å²) in [6.45, 7) is 4.59. The lowest BCUT2D eigenvalue weighted by Gasteiger charge is -2.24. The van der Waals surface area contributed by atoms with E-state index >= 15 is 0 Å². The Labute approximate surface area is 212 Å². The number of alkyl carbamates (subject to hydrolysis) is 1. The second-order valence-corrected chi connectivity index (χ2v) is 8.97. The molecule has 0 bridgehead atoms. The first-order chi connectivity index (χ1) is 17.6. The number of nitrogens with one attached hydrogen (secondary N) is 1. The number of benzene rings is 3. The van der Waals surface area contributed by atoms with Gasteiger partial charge in [-0.3, -0.25) is 0 Å². The fourth-order valence-electron chi connectivity index (χ4n) is 4.46. The highest BCUT2D eigenvalue weighted by molar-refractivity contribution is 5.82. The van der Waals surface area contributed by atoms with Crippen LogP contribution in [0.25, 0.3) is 11.1 Å². The number of unbranched alkanes of at least 4 members (excludes halogenated alkanes) is 1. The van der Waals surface area contributed by atoms with Crippen molar-refractivity contribution in [2.45, 2.75) is 51.4 Å². The van der Waals surface area contributed by atoms with Crippen LogP contribution in [0.15, 0.2) is 78.9 Å². The number of carbonyl (C=O) groups excluding carboxylic acids is 2. The van der Waals surface area contributed by atoms with E-state index in [1.54, 1.807) is 6.92 Å². The summed E-state index contributed by atoms with van der Waals surface area (Å²) in [4.78, 5) is 25.8. The van der Waals surface area contributed by atoms with E-state index in [0.717, 1.165) is 40.7 Å². The normalized spacial score (nSPS) is 13.8. The summed E-state index contributed by atoms with van der Waals surface area (Å²) in [6.07, 6.45) is 0.584. The lowest BCUT2D eigenvalue weighted by Crippen LogP contribution is -2.49. The summed E-state index contributed by atoms with van der Waals surface area (Å²) in [5, 5.41) is 2.69. The summed E-state index contributed by atoms with van der Waals surface area (Å²) in [6, 6.07) is 24.7. The molecule has 0 saturated carbocycles. The van der Waals surface area contributed by atoms with Crippen LogP contribution in [0.5, 0.6) is 0 Å². The van der Waals surface area contributed by atoms with Crippen molar-refractivity contribution in [2.24, 2.45) is 0 Å². The van der Waals surface area contributed by atoms with Crippen LogP contribution < -0.4 is 5.32 Å². The summed E-state index contributed by atoms with van der Waals surface area (Å²) < 4.78 is 17.0. The molecule has 1 aliphatic carbocycles. The Morgan fingerprint density at radius 2 is 1.47 bits per heavy atom. The van der Waals surface area contributed by atoms with Crippen LogP contribution in [0.4, 0.5) is 4.79 Å². The largest absolute Gasteiger partial charge is 0.459 e. The molecule has 188 valence electrons. The SMILES string of the molecule is CCCCOC(C)[C@H](NC(=O)OCC1c2ccccc2-c2ccccc21)C(=O)OCc1ccccc1. The van der Waals surface area contributed by atoms with Gasteiger partial charge in [-0.15, -0.1) is 0 Å². The van der Waals surface area contributed by atoms with Gasteiger partial charge in [0.1, 0.15) is 13.2 Å². The molecule has 1 aliphatic rings. The Balaban J connectivity index is 1.40. The fraction of sp³-hybridized carbons (Fsp3) is 0.333. The van der Waals surface area contributed by atoms with Crippen molar-refractivity contribution in [1.82, 2.24) is 5.32 Å². The molecule has 0 aromatic heterocycles. The van der Waals surface area contributed by atoms with Gasteiger partial charge in [-0.05, 0) is 41.2 Å². The topological polar surface area (TPSA) is 73.9 Å². The number of carbonyl (C=O) groups is 2. The van der Waals surface area contributed by atoms with E-state index in [1.807, 2.05) is 54.6 Å². The average Bonchev–Trinajstić information content (AvgIpc) is 3.23. The van der Waals surface area contributed by atoms with Crippen molar-refractivity contribution >= 4 is 12.1 Å². The van der Waals surface area contributed by atoms with Gasteiger partial charge < -0.3 is 19.5 Å². The van der Waals surface area contributed by atoms with E-state index in [-0.39, 0.29) is 19.1 Å². The van der Waals surface area contributed by atoms with Gasteiger partial charge in [0.15, 0.2) is 6.04 Å². The van der Waals surface area contributed by atoms with Crippen molar-refractivity contribution in [2.75, 3.05) is 13.2 Å². The average molecular weight is 488 g/mol. The Bertz CT molecular complexity index is 1120. The second-order valence-electron chi connectivity index (χ2n) is 8.97. The molecule has 0 heterocycles. The van der Waals surface area contributed by atoms with E-state index in [2.05, 4.69) is 36.5 Å². The maximum Gasteiger partial charge on any atom is 0.407 e. The minimum atomic E-state index is -0.985. The molecule has 2 atom stereocenters. The predicted octanol–water partition coefficient (Wildman–Crippen LogP) is 5.84. The molecule has 0 aliphatic heterocycles. The number of hydrogen-bond donors (Lipinski definition) is 1. The standard InChI is InChI=1S/C30H33NO5/c1-3-4-18-34-21(2)28(29(32)35-19-22-12-6-5-7-13-22)31-30(33)36-20-27-25-16-10-8-14-23(25)24-15-9-11-17-26(24)27/h5-17,21,27-28H,3-4,18-20H2,1-2H3,(H,31,33)/t21?,28-/m0/s1. The molecule has 1 amide bonds. The van der Waals surface area contributed by atoms with E-state index < -0.39 is 24.2 Å². The zero-order chi connectivity index (χ0) is 25.3. The number of ether oxygens (including phenoxy) is 3. The zero-order valence-corrected chi connectivity index (χ0v) is 20.8. The van der Waals surface area contributed by atoms with Crippen molar-refractivity contribution < 1.29 is 23.8 Å². The number of fused-ring (bicyclic) bond motifs is 3. The minimum absolute atomic E-state index is 0.0649. The molecular formula is C30H33NO5.